The molecule has 5 fully saturated rings. The molecule has 0 unspecified atom stereocenters. The minimum Gasteiger partial charge on any atom is -0.464 e. The summed E-state index contributed by atoms with van der Waals surface area (Å²) in [5.41, 5.74) is -0.919. The molecule has 5 nitrogen and oxygen atoms in total. The first-order valence-electron chi connectivity index (χ1n) is 9.56. The topological polar surface area (TPSA) is 72.8 Å². The summed E-state index contributed by atoms with van der Waals surface area (Å²) >= 11 is 0. The molecule has 0 amide bonds. The van der Waals surface area contributed by atoms with Gasteiger partial charge < -0.3 is 14.6 Å². The molecule has 5 rings (SSSR count). The van der Waals surface area contributed by atoms with Crippen molar-refractivity contribution >= 4 is 11.8 Å². The molecule has 3 saturated carbocycles. The lowest BCUT2D eigenvalue weighted by molar-refractivity contribution is -0.225. The van der Waals surface area contributed by atoms with Crippen molar-refractivity contribution in [2.45, 2.75) is 51.7 Å². The Labute approximate surface area is 147 Å². The molecule has 2 spiro atoms. The van der Waals surface area contributed by atoms with E-state index >= 15 is 0 Å². The highest BCUT2D eigenvalue weighted by molar-refractivity contribution is 6.15. The first kappa shape index (κ1) is 16.0. The van der Waals surface area contributed by atoms with E-state index in [1.807, 2.05) is 0 Å². The molecule has 0 aromatic rings. The van der Waals surface area contributed by atoms with Crippen molar-refractivity contribution in [3.05, 3.63) is 12.2 Å². The molecular formula is C20H26O5. The van der Waals surface area contributed by atoms with Crippen molar-refractivity contribution in [3.63, 3.8) is 0 Å². The van der Waals surface area contributed by atoms with Crippen molar-refractivity contribution in [1.82, 2.24) is 0 Å². The molecule has 2 aliphatic heterocycles. The number of fused-ring (bicyclic) bond motifs is 4. The van der Waals surface area contributed by atoms with Crippen LogP contribution in [0.3, 0.4) is 0 Å². The SMILES string of the molecule is C=C1C(=O)[C@]23C[C@H]1CC[C@H]2[C@]1(CCC[C@@]2(C)CO[C@@H](O)[C@H]21)COC3=O. The van der Waals surface area contributed by atoms with Gasteiger partial charge >= 0.3 is 5.97 Å². The summed E-state index contributed by atoms with van der Waals surface area (Å²) in [7, 11) is 0. The van der Waals surface area contributed by atoms with E-state index in [4.69, 9.17) is 9.47 Å². The zero-order valence-electron chi connectivity index (χ0n) is 14.8. The predicted octanol–water partition coefficient (Wildman–Crippen LogP) is 2.23. The van der Waals surface area contributed by atoms with E-state index in [-0.39, 0.29) is 40.3 Å². The summed E-state index contributed by atoms with van der Waals surface area (Å²) in [6.07, 6.45) is 4.38. The van der Waals surface area contributed by atoms with Crippen LogP contribution in [0.25, 0.3) is 0 Å². The van der Waals surface area contributed by atoms with Gasteiger partial charge in [-0.3, -0.25) is 9.59 Å². The normalized spacial score (nSPS) is 54.4. The third-order valence-corrected chi connectivity index (χ3v) is 8.32. The quantitative estimate of drug-likeness (QED) is 0.414. The molecule has 0 radical (unpaired) electrons. The van der Waals surface area contributed by atoms with Crippen LogP contribution in [0.15, 0.2) is 12.2 Å². The van der Waals surface area contributed by atoms with Crippen LogP contribution < -0.4 is 0 Å². The van der Waals surface area contributed by atoms with Crippen molar-refractivity contribution < 1.29 is 24.2 Å². The molecule has 5 aliphatic rings. The summed E-state index contributed by atoms with van der Waals surface area (Å²) in [6, 6.07) is 0. The summed E-state index contributed by atoms with van der Waals surface area (Å²) in [4.78, 5) is 26.0. The predicted molar refractivity (Wildman–Crippen MR) is 88.2 cm³/mol. The Balaban J connectivity index is 1.67. The molecule has 136 valence electrons. The molecule has 7 atom stereocenters. The minimum absolute atomic E-state index is 0.0646. The van der Waals surface area contributed by atoms with Crippen molar-refractivity contribution in [2.75, 3.05) is 13.2 Å². The molecule has 0 aromatic heterocycles. The lowest BCUT2D eigenvalue weighted by Crippen LogP contribution is -2.64. The number of aliphatic hydroxyl groups excluding tert-OH is 1. The molecule has 0 aromatic carbocycles. The van der Waals surface area contributed by atoms with Crippen LogP contribution in [0.5, 0.6) is 0 Å². The van der Waals surface area contributed by atoms with Gasteiger partial charge in [0, 0.05) is 11.3 Å². The Morgan fingerprint density at radius 1 is 1.20 bits per heavy atom. The van der Waals surface area contributed by atoms with Gasteiger partial charge in [0.15, 0.2) is 12.1 Å². The zero-order valence-corrected chi connectivity index (χ0v) is 14.8. The molecule has 3 aliphatic carbocycles. The van der Waals surface area contributed by atoms with Crippen LogP contribution in [0.2, 0.25) is 0 Å². The summed E-state index contributed by atoms with van der Waals surface area (Å²) in [5.74, 6) is -0.472. The number of rotatable bonds is 0. The van der Waals surface area contributed by atoms with Crippen LogP contribution in [0.1, 0.15) is 45.4 Å². The number of carbonyl (C=O) groups excluding carboxylic acids is 2. The number of hydrogen-bond donors (Lipinski definition) is 1. The van der Waals surface area contributed by atoms with Crippen molar-refractivity contribution in [2.24, 2.45) is 34.0 Å². The molecule has 1 N–H and O–H groups in total. The Morgan fingerprint density at radius 3 is 2.80 bits per heavy atom. The van der Waals surface area contributed by atoms with Gasteiger partial charge in [0.05, 0.1) is 13.2 Å². The highest BCUT2D eigenvalue weighted by Gasteiger charge is 2.73. The van der Waals surface area contributed by atoms with E-state index in [2.05, 4.69) is 13.5 Å². The van der Waals surface area contributed by atoms with Crippen LogP contribution >= 0.6 is 0 Å². The first-order valence-corrected chi connectivity index (χ1v) is 9.56. The number of ether oxygens (including phenoxy) is 2. The number of aliphatic hydroxyl groups is 1. The average molecular weight is 346 g/mol. The highest BCUT2D eigenvalue weighted by atomic mass is 16.6. The van der Waals surface area contributed by atoms with Crippen molar-refractivity contribution in [3.8, 4) is 0 Å². The fourth-order valence-corrected chi connectivity index (χ4v) is 7.33. The van der Waals surface area contributed by atoms with E-state index in [9.17, 15) is 14.7 Å². The number of allylic oxidation sites excluding steroid dienone is 1. The monoisotopic (exact) mass is 346 g/mol. The first-order chi connectivity index (χ1) is 11.9. The zero-order chi connectivity index (χ0) is 17.6. The number of Topliss-reactive ketones (excluding diaryl/α,β-unsaturated/α-hetero) is 1. The second-order valence-corrected chi connectivity index (χ2v) is 9.35. The maximum atomic E-state index is 13.1. The number of carbonyl (C=O) groups is 2. The van der Waals surface area contributed by atoms with Gasteiger partial charge in [-0.05, 0) is 54.9 Å². The third-order valence-electron chi connectivity index (χ3n) is 8.32. The second-order valence-electron chi connectivity index (χ2n) is 9.35. The Hall–Kier alpha value is -1.20. The Bertz CT molecular complexity index is 682. The number of hydrogen-bond acceptors (Lipinski definition) is 5. The van der Waals surface area contributed by atoms with E-state index in [1.54, 1.807) is 0 Å². The van der Waals surface area contributed by atoms with Gasteiger partial charge in [-0.15, -0.1) is 0 Å². The van der Waals surface area contributed by atoms with E-state index < -0.39 is 11.7 Å². The molecule has 5 heteroatoms. The lowest BCUT2D eigenvalue weighted by atomic mass is 9.45. The number of ketones is 1. The van der Waals surface area contributed by atoms with Crippen LogP contribution in [-0.4, -0.2) is 36.4 Å². The average Bonchev–Trinajstić information content (AvgIpc) is 3.01. The van der Waals surface area contributed by atoms with Gasteiger partial charge in [0.1, 0.15) is 5.41 Å². The Kier molecular flexibility index (Phi) is 3.04. The molecule has 25 heavy (non-hydrogen) atoms. The number of cyclic esters (lactones) is 1. The van der Waals surface area contributed by atoms with Crippen LogP contribution in [-0.2, 0) is 19.1 Å². The summed E-state index contributed by atoms with van der Waals surface area (Å²) in [5, 5.41) is 10.7. The van der Waals surface area contributed by atoms with Gasteiger partial charge in [-0.1, -0.05) is 19.9 Å². The minimum atomic E-state index is -1.06. The molecule has 2 heterocycles. The standard InChI is InChI=1S/C20H26O5/c1-11-12-4-5-13-19(10-25-17(23)20(13,8-12)15(11)21)7-3-6-18(2)9-24-16(22)14(18)19/h12-14,16,22H,1,3-10H2,2H3/t12-,13+,14-,16-,18+,19+,20+/m1/s1. The van der Waals surface area contributed by atoms with E-state index in [0.29, 0.717) is 25.2 Å². The second kappa shape index (κ2) is 4.74. The lowest BCUT2D eigenvalue weighted by Gasteiger charge is -2.60. The van der Waals surface area contributed by atoms with E-state index in [1.165, 1.54) is 0 Å². The maximum absolute atomic E-state index is 13.1. The largest absolute Gasteiger partial charge is 0.464 e. The van der Waals surface area contributed by atoms with Crippen LogP contribution in [0, 0.1) is 34.0 Å². The fourth-order valence-electron chi connectivity index (χ4n) is 7.33. The molecular weight excluding hydrogens is 320 g/mol. The van der Waals surface area contributed by atoms with Gasteiger partial charge in [0.25, 0.3) is 0 Å². The van der Waals surface area contributed by atoms with Gasteiger partial charge in [-0.25, -0.2) is 0 Å². The van der Waals surface area contributed by atoms with Gasteiger partial charge in [-0.2, -0.15) is 0 Å². The third kappa shape index (κ3) is 1.67. The summed E-state index contributed by atoms with van der Waals surface area (Å²) in [6.45, 7) is 7.02. The van der Waals surface area contributed by atoms with Crippen molar-refractivity contribution in [1.29, 1.82) is 0 Å². The molecule has 2 saturated heterocycles. The highest BCUT2D eigenvalue weighted by Crippen LogP contribution is 2.69. The fraction of sp³-hybridized carbons (Fsp3) is 0.800. The van der Waals surface area contributed by atoms with Crippen LogP contribution in [0.4, 0.5) is 0 Å². The summed E-state index contributed by atoms with van der Waals surface area (Å²) < 4.78 is 11.4. The number of esters is 1. The Morgan fingerprint density at radius 2 is 2.00 bits per heavy atom. The maximum Gasteiger partial charge on any atom is 0.320 e. The van der Waals surface area contributed by atoms with E-state index in [0.717, 1.165) is 32.1 Å². The molecule has 2 bridgehead atoms. The smallest absolute Gasteiger partial charge is 0.320 e. The van der Waals surface area contributed by atoms with Gasteiger partial charge in [0.2, 0.25) is 0 Å².